The Balaban J connectivity index is 1.77. The average Bonchev–Trinajstić information content (AvgIpc) is 2.78. The lowest BCUT2D eigenvalue weighted by molar-refractivity contribution is -0.391. The van der Waals surface area contributed by atoms with Crippen molar-refractivity contribution in [2.75, 3.05) is 7.11 Å². The van der Waals surface area contributed by atoms with Crippen molar-refractivity contribution in [1.29, 1.82) is 0 Å². The van der Waals surface area contributed by atoms with Crippen molar-refractivity contribution in [2.24, 2.45) is 0 Å². The molecule has 0 atom stereocenters. The van der Waals surface area contributed by atoms with E-state index in [1.54, 1.807) is 13.0 Å². The summed E-state index contributed by atoms with van der Waals surface area (Å²) in [7, 11) is 1.37. The molecule has 0 unspecified atom stereocenters. The van der Waals surface area contributed by atoms with Crippen molar-refractivity contribution in [3.05, 3.63) is 47.2 Å². The van der Waals surface area contributed by atoms with Gasteiger partial charge in [-0.2, -0.15) is 17.6 Å². The summed E-state index contributed by atoms with van der Waals surface area (Å²) in [6.07, 6.45) is -10.8. The quantitative estimate of drug-likeness (QED) is 0.357. The highest BCUT2D eigenvalue weighted by Gasteiger charge is 2.66. The normalized spacial score (nSPS) is 15.5. The third kappa shape index (κ3) is 4.43. The van der Waals surface area contributed by atoms with Crippen molar-refractivity contribution in [2.45, 2.75) is 39.1 Å². The zero-order valence-electron chi connectivity index (χ0n) is 18.6. The van der Waals surface area contributed by atoms with Crippen molar-refractivity contribution in [3.8, 4) is 28.7 Å². The van der Waals surface area contributed by atoms with E-state index >= 15 is 0 Å². The summed E-state index contributed by atoms with van der Waals surface area (Å²) in [5.41, 5.74) is 2.42. The molecule has 4 rings (SSSR count). The van der Waals surface area contributed by atoms with E-state index in [2.05, 4.69) is 19.2 Å². The Morgan fingerprint density at radius 1 is 1.06 bits per heavy atom. The maximum atomic E-state index is 13.6. The van der Waals surface area contributed by atoms with Gasteiger partial charge in [0, 0.05) is 23.2 Å². The van der Waals surface area contributed by atoms with Gasteiger partial charge in [0.25, 0.3) is 6.16 Å². The molecule has 2 heterocycles. The van der Waals surface area contributed by atoms with Crippen molar-refractivity contribution in [3.63, 3.8) is 0 Å². The fraction of sp³-hybridized carbons (Fsp3) is 0.304. The lowest BCUT2D eigenvalue weighted by Gasteiger charge is -2.31. The maximum absolute atomic E-state index is 13.6. The molecule has 186 valence electrons. The molecular weight excluding hydrogens is 478 g/mol. The summed E-state index contributed by atoms with van der Waals surface area (Å²) in [6.45, 7) is 3.35. The van der Waals surface area contributed by atoms with Gasteiger partial charge in [-0.05, 0) is 42.7 Å². The number of carboxylic acid groups (broad SMARTS) is 1. The summed E-state index contributed by atoms with van der Waals surface area (Å²) in [5.74, 6) is -0.963. The van der Waals surface area contributed by atoms with Crippen LogP contribution >= 0.6 is 0 Å². The van der Waals surface area contributed by atoms with Crippen LogP contribution in [0.3, 0.4) is 0 Å². The van der Waals surface area contributed by atoms with Gasteiger partial charge in [0.2, 0.25) is 0 Å². The minimum absolute atomic E-state index is 0.0478. The number of hydrogen-bond acceptors (Lipinski definition) is 8. The number of benzene rings is 2. The van der Waals surface area contributed by atoms with Gasteiger partial charge in [-0.1, -0.05) is 6.92 Å². The van der Waals surface area contributed by atoms with E-state index < -0.39 is 29.9 Å². The topological polar surface area (TPSA) is 99.2 Å². The molecule has 0 fully saturated rings. The molecule has 35 heavy (non-hydrogen) atoms. The number of aryl methyl sites for hydroxylation is 1. The number of ether oxygens (including phenoxy) is 5. The average molecular weight is 496 g/mol. The second kappa shape index (κ2) is 8.67. The van der Waals surface area contributed by atoms with Gasteiger partial charge in [0.05, 0.1) is 19.2 Å². The standard InChI is InChI=1S/C23H19F4NO7/c1-4-15-11(2)14(10-32-21(29)30)13-8-19(18(31-3)9-16(13)28-15)33-12-5-6-17-20(7-12)35-23(26,27)22(24,25)34-17/h5-9H,4,10H2,1-3H3,(H,29,30)/p-1. The van der Waals surface area contributed by atoms with Gasteiger partial charge in [-0.25, -0.2) is 0 Å². The van der Waals surface area contributed by atoms with E-state index in [0.29, 0.717) is 28.5 Å². The van der Waals surface area contributed by atoms with E-state index in [1.165, 1.54) is 19.2 Å². The third-order valence-corrected chi connectivity index (χ3v) is 5.38. The molecule has 3 aromatic rings. The Morgan fingerprint density at radius 3 is 2.37 bits per heavy atom. The fourth-order valence-electron chi connectivity index (χ4n) is 3.63. The van der Waals surface area contributed by atoms with E-state index in [1.807, 2.05) is 6.92 Å². The molecule has 0 aliphatic carbocycles. The van der Waals surface area contributed by atoms with Crippen LogP contribution in [0.1, 0.15) is 23.7 Å². The molecular formula is C23H18F4NO7-. The van der Waals surface area contributed by atoms with Crippen LogP contribution in [-0.4, -0.2) is 30.5 Å². The van der Waals surface area contributed by atoms with Gasteiger partial charge < -0.3 is 33.6 Å². The largest absolute Gasteiger partial charge is 0.545 e. The Morgan fingerprint density at radius 2 is 1.74 bits per heavy atom. The molecule has 8 nitrogen and oxygen atoms in total. The zero-order chi connectivity index (χ0) is 25.5. The van der Waals surface area contributed by atoms with Crippen LogP contribution in [0, 0.1) is 6.92 Å². The first-order chi connectivity index (χ1) is 16.5. The summed E-state index contributed by atoms with van der Waals surface area (Å²) >= 11 is 0. The van der Waals surface area contributed by atoms with E-state index in [-0.39, 0.29) is 23.9 Å². The van der Waals surface area contributed by atoms with E-state index in [4.69, 9.17) is 9.47 Å². The number of carbonyl (C=O) groups is 1. The number of pyridine rings is 1. The lowest BCUT2D eigenvalue weighted by atomic mass is 10.0. The molecule has 0 N–H and O–H groups in total. The number of nitrogens with zero attached hydrogens (tertiary/aromatic N) is 1. The second-order valence-corrected chi connectivity index (χ2v) is 7.52. The number of alkyl halides is 4. The molecule has 0 amide bonds. The summed E-state index contributed by atoms with van der Waals surface area (Å²) in [5, 5.41) is 11.4. The number of halogens is 4. The lowest BCUT2D eigenvalue weighted by Crippen LogP contribution is -2.52. The van der Waals surface area contributed by atoms with Crippen LogP contribution in [0.5, 0.6) is 28.7 Å². The molecule has 1 aromatic heterocycles. The maximum Gasteiger partial charge on any atom is 0.507 e. The Kier molecular flexibility index (Phi) is 5.99. The molecule has 0 spiro atoms. The van der Waals surface area contributed by atoms with Gasteiger partial charge in [-0.3, -0.25) is 4.98 Å². The number of methoxy groups -OCH3 is 1. The number of fused-ring (bicyclic) bond motifs is 2. The third-order valence-electron chi connectivity index (χ3n) is 5.38. The predicted octanol–water partition coefficient (Wildman–Crippen LogP) is 4.72. The molecule has 2 aromatic carbocycles. The predicted molar refractivity (Wildman–Crippen MR) is 110 cm³/mol. The smallest absolute Gasteiger partial charge is 0.507 e. The van der Waals surface area contributed by atoms with E-state index in [0.717, 1.165) is 17.8 Å². The first-order valence-electron chi connectivity index (χ1n) is 10.2. The van der Waals surface area contributed by atoms with Gasteiger partial charge >= 0.3 is 12.2 Å². The minimum atomic E-state index is -4.88. The highest BCUT2D eigenvalue weighted by atomic mass is 19.3. The Hall–Kier alpha value is -3.96. The van der Waals surface area contributed by atoms with Crippen LogP contribution in [-0.2, 0) is 17.8 Å². The zero-order valence-corrected chi connectivity index (χ0v) is 18.6. The van der Waals surface area contributed by atoms with Gasteiger partial charge in [-0.15, -0.1) is 0 Å². The molecule has 0 saturated carbocycles. The van der Waals surface area contributed by atoms with Crippen molar-refractivity contribution < 1.29 is 51.1 Å². The molecule has 0 saturated heterocycles. The van der Waals surface area contributed by atoms with E-state index in [9.17, 15) is 27.5 Å². The van der Waals surface area contributed by atoms with Crippen LogP contribution in [0.15, 0.2) is 30.3 Å². The summed E-state index contributed by atoms with van der Waals surface area (Å²) in [6, 6.07) is 6.25. The molecule has 1 aliphatic rings. The molecule has 0 bridgehead atoms. The highest BCUT2D eigenvalue weighted by molar-refractivity contribution is 5.87. The molecule has 1 aliphatic heterocycles. The number of hydrogen-bond donors (Lipinski definition) is 0. The monoisotopic (exact) mass is 496 g/mol. The first kappa shape index (κ1) is 24.2. The summed E-state index contributed by atoms with van der Waals surface area (Å²) < 4.78 is 77.9. The second-order valence-electron chi connectivity index (χ2n) is 7.52. The number of carbonyl (C=O) groups excluding carboxylic acids is 1. The van der Waals surface area contributed by atoms with Crippen molar-refractivity contribution >= 4 is 17.1 Å². The highest BCUT2D eigenvalue weighted by Crippen LogP contribution is 2.48. The van der Waals surface area contributed by atoms with Crippen LogP contribution in [0.2, 0.25) is 0 Å². The summed E-state index contributed by atoms with van der Waals surface area (Å²) in [4.78, 5) is 15.5. The number of aromatic nitrogens is 1. The van der Waals surface area contributed by atoms with Crippen LogP contribution in [0.25, 0.3) is 10.9 Å². The Bertz CT molecular complexity index is 1310. The minimum Gasteiger partial charge on any atom is -0.545 e. The fourth-order valence-corrected chi connectivity index (χ4v) is 3.63. The van der Waals surface area contributed by atoms with Crippen LogP contribution in [0.4, 0.5) is 22.4 Å². The molecule has 12 heteroatoms. The van der Waals surface area contributed by atoms with Gasteiger partial charge in [0.15, 0.2) is 23.0 Å². The Labute approximate surface area is 195 Å². The van der Waals surface area contributed by atoms with Gasteiger partial charge in [0.1, 0.15) is 5.75 Å². The number of rotatable bonds is 6. The SMILES string of the molecule is CCc1nc2cc(OC)c(Oc3ccc4c(c3)OC(F)(F)C(F)(F)O4)cc2c(COC(=O)[O-])c1C. The van der Waals surface area contributed by atoms with Crippen LogP contribution < -0.4 is 24.1 Å². The first-order valence-corrected chi connectivity index (χ1v) is 10.2. The molecule has 0 radical (unpaired) electrons. The van der Waals surface area contributed by atoms with Crippen molar-refractivity contribution in [1.82, 2.24) is 4.98 Å².